The van der Waals surface area contributed by atoms with Crippen LogP contribution in [0.5, 0.6) is 0 Å². The van der Waals surface area contributed by atoms with Crippen molar-refractivity contribution >= 4 is 0 Å². The lowest BCUT2D eigenvalue weighted by Crippen LogP contribution is -1.66. The highest BCUT2D eigenvalue weighted by molar-refractivity contribution is 4.77. The van der Waals surface area contributed by atoms with Gasteiger partial charge in [-0.1, -0.05) is 125 Å². The second-order valence-corrected chi connectivity index (χ2v) is 5.35. The molecule has 0 aromatic heterocycles. The highest BCUT2D eigenvalue weighted by Gasteiger charge is 1.75. The number of allylic oxidation sites excluding steroid dienone is 2. The maximum Gasteiger partial charge on any atom is -0.0379 e. The van der Waals surface area contributed by atoms with Gasteiger partial charge in [0.25, 0.3) is 0 Å². The number of hydrogen-bond acceptors (Lipinski definition) is 0. The fourth-order valence-electron chi connectivity index (χ4n) is 1.19. The minimum absolute atomic E-state index is 1.17. The molecule has 21 heavy (non-hydrogen) atoms. The summed E-state index contributed by atoms with van der Waals surface area (Å²) in [5.41, 5.74) is 0. The Labute approximate surface area is 138 Å². The quantitative estimate of drug-likeness (QED) is 0.310. The Morgan fingerprint density at radius 1 is 0.381 bits per heavy atom. The average molecular weight is 301 g/mol. The molecule has 0 atom stereocenters. The third-order valence-electron chi connectivity index (χ3n) is 2.80. The van der Waals surface area contributed by atoms with E-state index in [4.69, 9.17) is 0 Å². The summed E-state index contributed by atoms with van der Waals surface area (Å²) in [6.45, 7) is 17.5. The minimum atomic E-state index is 1.17. The topological polar surface area (TPSA) is 0 Å². The summed E-state index contributed by atoms with van der Waals surface area (Å²) in [7, 11) is 0. The molecule has 0 N–H and O–H groups in total. The van der Waals surface area contributed by atoms with Gasteiger partial charge in [0, 0.05) is 0 Å². The van der Waals surface area contributed by atoms with Gasteiger partial charge in [0.1, 0.15) is 0 Å². The molecule has 0 aliphatic rings. The first kappa shape index (κ1) is 28.8. The lowest BCUT2D eigenvalue weighted by molar-refractivity contribution is 0.702. The largest absolute Gasteiger partial charge is 0.0888 e. The first-order valence-electron chi connectivity index (χ1n) is 9.81. The molecule has 0 fully saturated rings. The summed E-state index contributed by atoms with van der Waals surface area (Å²) < 4.78 is 0. The van der Waals surface area contributed by atoms with Gasteiger partial charge in [0.05, 0.1) is 0 Å². The van der Waals surface area contributed by atoms with E-state index < -0.39 is 0 Å². The van der Waals surface area contributed by atoms with Gasteiger partial charge in [-0.3, -0.25) is 0 Å². The standard InChI is InChI=1S/C6H14.C6H12.C5H12.C4H10/c2*1-3-5-6-4-2;1-3-5-4-2;1-3-4-2/h3-6H2,1-2H3;5-6H,3-4H2,1-2H3;3-5H2,1-2H3;3-4H2,1-2H3/b;6-5-;;. The van der Waals surface area contributed by atoms with Crippen molar-refractivity contribution in [1.82, 2.24) is 0 Å². The minimum Gasteiger partial charge on any atom is -0.0888 e. The Hall–Kier alpha value is -0.260. The lowest BCUT2D eigenvalue weighted by Gasteiger charge is -1.86. The summed E-state index contributed by atoms with van der Waals surface area (Å²) in [4.78, 5) is 0. The molecule has 0 bridgehead atoms. The molecule has 0 rings (SSSR count). The van der Waals surface area contributed by atoms with E-state index in [1.807, 2.05) is 0 Å². The van der Waals surface area contributed by atoms with E-state index in [2.05, 4.69) is 67.5 Å². The van der Waals surface area contributed by atoms with E-state index in [1.54, 1.807) is 0 Å². The van der Waals surface area contributed by atoms with Crippen LogP contribution >= 0.6 is 0 Å². The second-order valence-electron chi connectivity index (χ2n) is 5.35. The molecular weight excluding hydrogens is 252 g/mol. The maximum atomic E-state index is 2.23. The van der Waals surface area contributed by atoms with Crippen molar-refractivity contribution in [3.63, 3.8) is 0 Å². The molecule has 0 aliphatic carbocycles. The van der Waals surface area contributed by atoms with Gasteiger partial charge < -0.3 is 0 Å². The van der Waals surface area contributed by atoms with Crippen molar-refractivity contribution in [2.75, 3.05) is 0 Å². The van der Waals surface area contributed by atoms with Gasteiger partial charge in [-0.25, -0.2) is 0 Å². The highest BCUT2D eigenvalue weighted by Crippen LogP contribution is 1.95. The van der Waals surface area contributed by atoms with Gasteiger partial charge >= 0.3 is 0 Å². The zero-order valence-electron chi connectivity index (χ0n) is 16.9. The van der Waals surface area contributed by atoms with E-state index in [1.165, 1.54) is 70.6 Å². The van der Waals surface area contributed by atoms with Gasteiger partial charge in [-0.2, -0.15) is 0 Å². The average Bonchev–Trinajstić information content (AvgIpc) is 2.53. The second kappa shape index (κ2) is 42.7. The van der Waals surface area contributed by atoms with Crippen molar-refractivity contribution in [1.29, 1.82) is 0 Å². The monoisotopic (exact) mass is 300 g/mol. The molecule has 0 spiro atoms. The molecule has 0 nitrogen and oxygen atoms in total. The normalized spacial score (nSPS) is 8.95. The summed E-state index contributed by atoms with van der Waals surface area (Å²) in [5, 5.41) is 0. The van der Waals surface area contributed by atoms with Crippen LogP contribution in [0.3, 0.4) is 0 Å². The highest BCUT2D eigenvalue weighted by atomic mass is 13.8. The van der Waals surface area contributed by atoms with Crippen LogP contribution in [-0.4, -0.2) is 0 Å². The number of rotatable bonds is 8. The van der Waals surface area contributed by atoms with Crippen molar-refractivity contribution in [2.24, 2.45) is 0 Å². The zero-order valence-corrected chi connectivity index (χ0v) is 16.9. The molecule has 0 heteroatoms. The Kier molecular flexibility index (Phi) is 58.7. The van der Waals surface area contributed by atoms with Gasteiger partial charge in [0.15, 0.2) is 0 Å². The predicted octanol–water partition coefficient (Wildman–Crippen LogP) is 8.95. The fourth-order valence-corrected chi connectivity index (χ4v) is 1.19. The summed E-state index contributed by atoms with van der Waals surface area (Å²) in [6.07, 6.45) is 19.0. The predicted molar refractivity (Wildman–Crippen MR) is 105 cm³/mol. The van der Waals surface area contributed by atoms with Gasteiger partial charge in [-0.05, 0) is 12.8 Å². The zero-order chi connectivity index (χ0) is 17.2. The first-order chi connectivity index (χ1) is 10.2. The third-order valence-corrected chi connectivity index (χ3v) is 2.80. The van der Waals surface area contributed by atoms with Crippen molar-refractivity contribution < 1.29 is 0 Å². The van der Waals surface area contributed by atoms with E-state index in [9.17, 15) is 0 Å². The van der Waals surface area contributed by atoms with Crippen LogP contribution in [0.2, 0.25) is 0 Å². The Morgan fingerprint density at radius 2 is 0.667 bits per heavy atom. The van der Waals surface area contributed by atoms with Crippen LogP contribution in [-0.2, 0) is 0 Å². The Bertz CT molecular complexity index is 110. The SMILES string of the molecule is CC/C=C\CC.CCCC.CCCCC.CCCCCC. The molecule has 0 saturated carbocycles. The lowest BCUT2D eigenvalue weighted by atomic mass is 10.2. The summed E-state index contributed by atoms with van der Waals surface area (Å²) in [5.74, 6) is 0. The number of unbranched alkanes of at least 4 members (excludes halogenated alkanes) is 6. The van der Waals surface area contributed by atoms with Crippen LogP contribution < -0.4 is 0 Å². The van der Waals surface area contributed by atoms with Crippen molar-refractivity contribution in [2.45, 2.75) is 126 Å². The van der Waals surface area contributed by atoms with Crippen LogP contribution in [0, 0.1) is 0 Å². The fraction of sp³-hybridized carbons (Fsp3) is 0.905. The summed E-state index contributed by atoms with van der Waals surface area (Å²) in [6, 6.07) is 0. The van der Waals surface area contributed by atoms with E-state index in [0.717, 1.165) is 0 Å². The Morgan fingerprint density at radius 3 is 0.762 bits per heavy atom. The van der Waals surface area contributed by atoms with E-state index >= 15 is 0 Å². The molecular formula is C21H48. The third kappa shape index (κ3) is 81.3. The van der Waals surface area contributed by atoms with Crippen LogP contribution in [0.15, 0.2) is 12.2 Å². The van der Waals surface area contributed by atoms with Crippen molar-refractivity contribution in [3.8, 4) is 0 Å². The van der Waals surface area contributed by atoms with Crippen LogP contribution in [0.4, 0.5) is 0 Å². The molecule has 0 heterocycles. The molecule has 0 amide bonds. The first-order valence-corrected chi connectivity index (χ1v) is 9.81. The summed E-state index contributed by atoms with van der Waals surface area (Å²) >= 11 is 0. The van der Waals surface area contributed by atoms with Gasteiger partial charge in [-0.15, -0.1) is 0 Å². The van der Waals surface area contributed by atoms with Crippen molar-refractivity contribution in [3.05, 3.63) is 12.2 Å². The van der Waals surface area contributed by atoms with Crippen LogP contribution in [0.25, 0.3) is 0 Å². The molecule has 0 radical (unpaired) electrons. The Balaban J connectivity index is -0.0000000929. The molecule has 0 aliphatic heterocycles. The van der Waals surface area contributed by atoms with Crippen LogP contribution in [0.1, 0.15) is 126 Å². The number of hydrogen-bond donors (Lipinski definition) is 0. The molecule has 0 unspecified atom stereocenters. The van der Waals surface area contributed by atoms with E-state index in [0.29, 0.717) is 0 Å². The molecule has 0 aromatic carbocycles. The smallest absolute Gasteiger partial charge is 0.0379 e. The molecule has 0 aromatic rings. The van der Waals surface area contributed by atoms with E-state index in [-0.39, 0.29) is 0 Å². The molecule has 132 valence electrons. The maximum absolute atomic E-state index is 2.23. The molecule has 0 saturated heterocycles. The van der Waals surface area contributed by atoms with Gasteiger partial charge in [0.2, 0.25) is 0 Å².